The number of hydrogen-bond acceptors (Lipinski definition) is 4. The Hall–Kier alpha value is -3.10. The van der Waals surface area contributed by atoms with Crippen LogP contribution in [0, 0.1) is 18.3 Å². The van der Waals surface area contributed by atoms with Crippen LogP contribution in [0.25, 0.3) is 0 Å². The zero-order valence-electron chi connectivity index (χ0n) is 18.6. The summed E-state index contributed by atoms with van der Waals surface area (Å²) in [6.07, 6.45) is 4.92. The molecular weight excluding hydrogens is 384 g/mol. The number of piperidine rings is 1. The predicted octanol–water partition coefficient (Wildman–Crippen LogP) is 3.54. The highest BCUT2D eigenvalue weighted by Gasteiger charge is 2.45. The van der Waals surface area contributed by atoms with E-state index < -0.39 is 5.54 Å². The smallest absolute Gasteiger partial charge is 0.270 e. The minimum absolute atomic E-state index is 0.0547. The highest BCUT2D eigenvalue weighted by atomic mass is 16.2. The molecule has 0 spiro atoms. The van der Waals surface area contributed by atoms with Gasteiger partial charge in [0.25, 0.3) is 5.91 Å². The second kappa shape index (κ2) is 8.56. The van der Waals surface area contributed by atoms with Gasteiger partial charge in [0.15, 0.2) is 0 Å². The molecule has 1 saturated heterocycles. The summed E-state index contributed by atoms with van der Waals surface area (Å²) in [6, 6.07) is 18.8. The first-order valence-corrected chi connectivity index (χ1v) is 11.0. The van der Waals surface area contributed by atoms with Crippen LogP contribution in [0.5, 0.6) is 0 Å². The van der Waals surface area contributed by atoms with Gasteiger partial charge < -0.3 is 15.1 Å². The quantitative estimate of drug-likeness (QED) is 0.831. The molecule has 1 amide bonds. The summed E-state index contributed by atoms with van der Waals surface area (Å²) in [4.78, 5) is 17.8. The van der Waals surface area contributed by atoms with E-state index in [4.69, 9.17) is 0 Å². The molecule has 160 valence electrons. The second-order valence-electron chi connectivity index (χ2n) is 8.62. The number of benzene rings is 2. The zero-order chi connectivity index (χ0) is 22.0. The van der Waals surface area contributed by atoms with Crippen LogP contribution in [0.1, 0.15) is 41.5 Å². The lowest BCUT2D eigenvalue weighted by Crippen LogP contribution is -2.54. The molecule has 1 atom stereocenters. The van der Waals surface area contributed by atoms with Crippen LogP contribution in [0.3, 0.4) is 0 Å². The van der Waals surface area contributed by atoms with Gasteiger partial charge in [0.1, 0.15) is 0 Å². The monoisotopic (exact) mass is 414 g/mol. The molecule has 0 aromatic heterocycles. The Balaban J connectivity index is 1.75. The van der Waals surface area contributed by atoms with Gasteiger partial charge in [-0.15, -0.1) is 0 Å². The van der Waals surface area contributed by atoms with Gasteiger partial charge in [-0.2, -0.15) is 5.26 Å². The molecule has 1 unspecified atom stereocenters. The van der Waals surface area contributed by atoms with Crippen LogP contribution in [0.2, 0.25) is 0 Å². The lowest BCUT2D eigenvalue weighted by Gasteiger charge is -2.47. The predicted molar refractivity (Wildman–Crippen MR) is 122 cm³/mol. The SMILES string of the molecule is CNC1CCN(C2=CCC(c3ccc(C)cc3)(c3ccc(C#N)cc3)N(C)C2=O)CC1. The summed E-state index contributed by atoms with van der Waals surface area (Å²) in [5, 5.41) is 12.6. The molecule has 2 aromatic rings. The summed E-state index contributed by atoms with van der Waals surface area (Å²) in [5.74, 6) is 0.0547. The molecule has 4 rings (SSSR count). The van der Waals surface area contributed by atoms with E-state index in [1.165, 1.54) is 5.56 Å². The lowest BCUT2D eigenvalue weighted by atomic mass is 9.76. The average molecular weight is 415 g/mol. The molecule has 5 nitrogen and oxygen atoms in total. The fourth-order valence-electron chi connectivity index (χ4n) is 4.93. The number of hydrogen-bond donors (Lipinski definition) is 1. The van der Waals surface area contributed by atoms with Crippen LogP contribution in [-0.4, -0.2) is 48.9 Å². The van der Waals surface area contributed by atoms with Crippen molar-refractivity contribution in [1.82, 2.24) is 15.1 Å². The maximum Gasteiger partial charge on any atom is 0.270 e. The van der Waals surface area contributed by atoms with E-state index in [1.807, 2.05) is 43.3 Å². The summed E-state index contributed by atoms with van der Waals surface area (Å²) in [6.45, 7) is 3.86. The van der Waals surface area contributed by atoms with Gasteiger partial charge in [-0.05, 0) is 56.5 Å². The van der Waals surface area contributed by atoms with Gasteiger partial charge in [0.05, 0.1) is 22.9 Å². The number of carbonyl (C=O) groups excluding carboxylic acids is 1. The summed E-state index contributed by atoms with van der Waals surface area (Å²) < 4.78 is 0. The van der Waals surface area contributed by atoms with E-state index in [0.717, 1.165) is 42.8 Å². The standard InChI is InChI=1S/C26H30N4O/c1-19-4-8-21(9-5-19)26(22-10-6-20(18-27)7-11-22)15-12-24(25(31)29(26)3)30-16-13-23(28-2)14-17-30/h4-12,23,28H,13-17H2,1-3H3. The van der Waals surface area contributed by atoms with Crippen LogP contribution in [0.4, 0.5) is 0 Å². The summed E-state index contributed by atoms with van der Waals surface area (Å²) in [7, 11) is 3.92. The molecule has 5 heteroatoms. The largest absolute Gasteiger partial charge is 0.367 e. The third-order valence-electron chi connectivity index (χ3n) is 6.95. The molecule has 2 heterocycles. The Kier molecular flexibility index (Phi) is 5.84. The molecule has 2 aliphatic rings. The first-order chi connectivity index (χ1) is 15.0. The molecule has 1 fully saturated rings. The second-order valence-corrected chi connectivity index (χ2v) is 8.62. The molecule has 0 saturated carbocycles. The molecule has 0 aliphatic carbocycles. The molecule has 2 aliphatic heterocycles. The fraction of sp³-hybridized carbons (Fsp3) is 0.385. The number of nitrogens with one attached hydrogen (secondary N) is 1. The van der Waals surface area contributed by atoms with Gasteiger partial charge in [-0.1, -0.05) is 48.0 Å². The number of likely N-dealkylation sites (N-methyl/N-ethyl adjacent to an activating group) is 1. The first-order valence-electron chi connectivity index (χ1n) is 11.0. The van der Waals surface area contributed by atoms with Gasteiger partial charge in [0.2, 0.25) is 0 Å². The van der Waals surface area contributed by atoms with Crippen molar-refractivity contribution in [2.45, 2.75) is 37.8 Å². The Morgan fingerprint density at radius 1 is 1.03 bits per heavy atom. The van der Waals surface area contributed by atoms with E-state index in [9.17, 15) is 10.1 Å². The van der Waals surface area contributed by atoms with E-state index in [2.05, 4.69) is 53.6 Å². The Bertz CT molecular complexity index is 1010. The number of carbonyl (C=O) groups is 1. The molecule has 1 N–H and O–H groups in total. The molecule has 0 bridgehead atoms. The summed E-state index contributed by atoms with van der Waals surface area (Å²) in [5.41, 5.74) is 4.14. The lowest BCUT2D eigenvalue weighted by molar-refractivity contribution is -0.133. The van der Waals surface area contributed by atoms with E-state index in [-0.39, 0.29) is 5.91 Å². The fourth-order valence-corrected chi connectivity index (χ4v) is 4.93. The Labute approximate surface area is 185 Å². The van der Waals surface area contributed by atoms with Crippen molar-refractivity contribution >= 4 is 5.91 Å². The number of amides is 1. The number of nitriles is 1. The molecular formula is C26H30N4O. The first kappa shape index (κ1) is 21.1. The molecule has 2 aromatic carbocycles. The van der Waals surface area contributed by atoms with Crippen molar-refractivity contribution in [1.29, 1.82) is 5.26 Å². The maximum absolute atomic E-state index is 13.7. The average Bonchev–Trinajstić information content (AvgIpc) is 2.82. The third kappa shape index (κ3) is 3.73. The summed E-state index contributed by atoms with van der Waals surface area (Å²) >= 11 is 0. The number of likely N-dealkylation sites (tertiary alicyclic amines) is 1. The van der Waals surface area contributed by atoms with Crippen LogP contribution in [-0.2, 0) is 10.3 Å². The van der Waals surface area contributed by atoms with Crippen molar-refractivity contribution in [3.63, 3.8) is 0 Å². The van der Waals surface area contributed by atoms with Crippen LogP contribution in [0.15, 0.2) is 60.3 Å². The molecule has 0 radical (unpaired) electrons. The van der Waals surface area contributed by atoms with E-state index in [1.54, 1.807) is 0 Å². The van der Waals surface area contributed by atoms with Crippen molar-refractivity contribution < 1.29 is 4.79 Å². The van der Waals surface area contributed by atoms with Gasteiger partial charge in [-0.25, -0.2) is 0 Å². The van der Waals surface area contributed by atoms with Crippen molar-refractivity contribution in [2.24, 2.45) is 0 Å². The van der Waals surface area contributed by atoms with Gasteiger partial charge in [-0.3, -0.25) is 4.79 Å². The van der Waals surface area contributed by atoms with Crippen molar-refractivity contribution in [3.05, 3.63) is 82.6 Å². The van der Waals surface area contributed by atoms with Crippen molar-refractivity contribution in [2.75, 3.05) is 27.2 Å². The van der Waals surface area contributed by atoms with Gasteiger partial charge >= 0.3 is 0 Å². The normalized spacial score (nSPS) is 22.3. The Morgan fingerprint density at radius 3 is 2.16 bits per heavy atom. The zero-order valence-corrected chi connectivity index (χ0v) is 18.6. The van der Waals surface area contributed by atoms with E-state index >= 15 is 0 Å². The highest BCUT2D eigenvalue weighted by molar-refractivity contribution is 5.95. The number of rotatable bonds is 4. The highest BCUT2D eigenvalue weighted by Crippen LogP contribution is 2.43. The minimum atomic E-state index is -0.592. The van der Waals surface area contributed by atoms with Crippen molar-refractivity contribution in [3.8, 4) is 6.07 Å². The van der Waals surface area contributed by atoms with Crippen LogP contribution < -0.4 is 5.32 Å². The van der Waals surface area contributed by atoms with Gasteiger partial charge in [0, 0.05) is 26.2 Å². The topological polar surface area (TPSA) is 59.4 Å². The Morgan fingerprint density at radius 2 is 1.61 bits per heavy atom. The third-order valence-corrected chi connectivity index (χ3v) is 6.95. The minimum Gasteiger partial charge on any atom is -0.367 e. The number of nitrogens with zero attached hydrogens (tertiary/aromatic N) is 3. The maximum atomic E-state index is 13.7. The molecule has 31 heavy (non-hydrogen) atoms. The number of aryl methyl sites for hydroxylation is 1. The van der Waals surface area contributed by atoms with Crippen LogP contribution >= 0.6 is 0 Å². The van der Waals surface area contributed by atoms with E-state index in [0.29, 0.717) is 18.0 Å².